The van der Waals surface area contributed by atoms with Gasteiger partial charge in [-0.3, -0.25) is 4.79 Å². The molecule has 0 saturated carbocycles. The van der Waals surface area contributed by atoms with Gasteiger partial charge in [-0.25, -0.2) is 18.6 Å². The lowest BCUT2D eigenvalue weighted by atomic mass is 9.99. The van der Waals surface area contributed by atoms with E-state index in [0.717, 1.165) is 24.3 Å². The molecule has 1 heterocycles. The summed E-state index contributed by atoms with van der Waals surface area (Å²) in [7, 11) is 0. The lowest BCUT2D eigenvalue weighted by Gasteiger charge is -2.18. The Labute approximate surface area is 197 Å². The summed E-state index contributed by atoms with van der Waals surface area (Å²) in [6, 6.07) is 12.1. The Balaban J connectivity index is 1.70. The zero-order valence-electron chi connectivity index (χ0n) is 18.5. The van der Waals surface area contributed by atoms with E-state index in [1.165, 1.54) is 43.3 Å². The van der Waals surface area contributed by atoms with Gasteiger partial charge in [0.25, 0.3) is 11.8 Å². The number of hydrogen-bond donors (Lipinski definition) is 2. The molecule has 0 radical (unpaired) electrons. The Morgan fingerprint density at radius 1 is 0.914 bits per heavy atom. The predicted octanol–water partition coefficient (Wildman–Crippen LogP) is 5.76. The molecule has 0 spiro atoms. The van der Waals surface area contributed by atoms with Crippen LogP contribution < -0.4 is 5.32 Å². The molecule has 3 aromatic rings. The molecule has 2 aromatic carbocycles. The van der Waals surface area contributed by atoms with E-state index in [9.17, 15) is 31.5 Å². The lowest BCUT2D eigenvalue weighted by Crippen LogP contribution is -2.25. The van der Waals surface area contributed by atoms with E-state index in [0.29, 0.717) is 5.56 Å². The molecule has 10 heteroatoms. The highest BCUT2D eigenvalue weighted by atomic mass is 19.4. The van der Waals surface area contributed by atoms with Gasteiger partial charge in [-0.2, -0.15) is 13.2 Å². The Morgan fingerprint density at radius 3 is 2.23 bits per heavy atom. The smallest absolute Gasteiger partial charge is 0.416 e. The molecule has 5 nitrogen and oxygen atoms in total. The number of carboxylic acid groups (broad SMARTS) is 1. The number of aromatic nitrogens is 1. The summed E-state index contributed by atoms with van der Waals surface area (Å²) in [4.78, 5) is 27.4. The average molecular weight is 492 g/mol. The number of rotatable bonds is 8. The van der Waals surface area contributed by atoms with Crippen LogP contribution in [0.5, 0.6) is 0 Å². The van der Waals surface area contributed by atoms with Gasteiger partial charge in [-0.05, 0) is 60.9 Å². The number of aryl methyl sites for hydroxylation is 2. The van der Waals surface area contributed by atoms with Crippen LogP contribution in [-0.2, 0) is 25.1 Å². The molecule has 0 aliphatic carbocycles. The molecule has 2 N–H and O–H groups in total. The molecule has 0 bridgehead atoms. The van der Waals surface area contributed by atoms with Gasteiger partial charge >= 0.3 is 12.1 Å². The van der Waals surface area contributed by atoms with Gasteiger partial charge in [-0.15, -0.1) is 0 Å². The minimum Gasteiger partial charge on any atom is -0.478 e. The quantitative estimate of drug-likeness (QED) is 0.392. The van der Waals surface area contributed by atoms with Crippen LogP contribution in [0, 0.1) is 6.92 Å². The topological polar surface area (TPSA) is 79.3 Å². The number of carbonyl (C=O) groups is 2. The molecular formula is C25H21F5N2O3. The largest absolute Gasteiger partial charge is 0.478 e. The molecule has 1 amide bonds. The highest BCUT2D eigenvalue weighted by molar-refractivity contribution is 5.92. The first-order valence-electron chi connectivity index (χ1n) is 10.5. The van der Waals surface area contributed by atoms with E-state index in [2.05, 4.69) is 10.3 Å². The van der Waals surface area contributed by atoms with Crippen molar-refractivity contribution in [1.82, 2.24) is 10.3 Å². The SMILES string of the molecule is Cc1cc(C(F)(F)CCc2ccc(C(=O)O)cc2)cc(C(=O)NCc2cccc(C(F)(F)F)c2)n1. The van der Waals surface area contributed by atoms with E-state index in [-0.39, 0.29) is 35.5 Å². The number of alkyl halides is 5. The van der Waals surface area contributed by atoms with E-state index in [1.807, 2.05) is 0 Å². The van der Waals surface area contributed by atoms with Gasteiger partial charge in [0.15, 0.2) is 0 Å². The van der Waals surface area contributed by atoms with Gasteiger partial charge < -0.3 is 10.4 Å². The summed E-state index contributed by atoms with van der Waals surface area (Å²) < 4.78 is 68.4. The number of carbonyl (C=O) groups excluding carboxylic acids is 1. The van der Waals surface area contributed by atoms with Gasteiger partial charge in [-0.1, -0.05) is 24.3 Å². The first-order chi connectivity index (χ1) is 16.3. The number of carboxylic acids is 1. The molecule has 0 unspecified atom stereocenters. The molecule has 184 valence electrons. The number of nitrogens with zero attached hydrogens (tertiary/aromatic N) is 1. The molecule has 1 aromatic heterocycles. The summed E-state index contributed by atoms with van der Waals surface area (Å²) >= 11 is 0. The van der Waals surface area contributed by atoms with Crippen LogP contribution in [0.1, 0.15) is 55.2 Å². The molecule has 0 aliphatic heterocycles. The molecule has 0 fully saturated rings. The summed E-state index contributed by atoms with van der Waals surface area (Å²) in [5.41, 5.74) is -0.616. The van der Waals surface area contributed by atoms with Crippen LogP contribution in [0.2, 0.25) is 0 Å². The third kappa shape index (κ3) is 6.84. The van der Waals surface area contributed by atoms with Crippen molar-refractivity contribution in [1.29, 1.82) is 0 Å². The van der Waals surface area contributed by atoms with Crippen LogP contribution in [0.15, 0.2) is 60.7 Å². The van der Waals surface area contributed by atoms with Gasteiger partial charge in [0.05, 0.1) is 11.1 Å². The second kappa shape index (κ2) is 10.2. The Hall–Kier alpha value is -3.82. The summed E-state index contributed by atoms with van der Waals surface area (Å²) in [6.45, 7) is 1.21. The van der Waals surface area contributed by atoms with Crippen LogP contribution in [0.3, 0.4) is 0 Å². The first-order valence-corrected chi connectivity index (χ1v) is 10.5. The maximum absolute atomic E-state index is 14.9. The Bertz CT molecular complexity index is 1220. The third-order valence-corrected chi connectivity index (χ3v) is 5.24. The number of halogens is 5. The zero-order chi connectivity index (χ0) is 25.8. The molecule has 0 saturated heterocycles. The minimum absolute atomic E-state index is 0.0364. The number of nitrogens with one attached hydrogen (secondary N) is 1. The van der Waals surface area contributed by atoms with Crippen molar-refractivity contribution in [3.8, 4) is 0 Å². The minimum atomic E-state index is -4.53. The number of hydrogen-bond acceptors (Lipinski definition) is 3. The summed E-state index contributed by atoms with van der Waals surface area (Å²) in [6.07, 6.45) is -5.16. The van der Waals surface area contributed by atoms with Gasteiger partial charge in [0, 0.05) is 24.2 Å². The van der Waals surface area contributed by atoms with E-state index in [1.54, 1.807) is 0 Å². The Kier molecular flexibility index (Phi) is 7.52. The first kappa shape index (κ1) is 25.8. The monoisotopic (exact) mass is 492 g/mol. The van der Waals surface area contributed by atoms with Gasteiger partial charge in [0.2, 0.25) is 0 Å². The second-order valence-electron chi connectivity index (χ2n) is 7.97. The van der Waals surface area contributed by atoms with E-state index in [4.69, 9.17) is 5.11 Å². The van der Waals surface area contributed by atoms with Crippen molar-refractivity contribution in [3.05, 3.63) is 99.9 Å². The fourth-order valence-corrected chi connectivity index (χ4v) is 3.39. The van der Waals surface area contributed by atoms with Crippen LogP contribution in [-0.4, -0.2) is 22.0 Å². The highest BCUT2D eigenvalue weighted by Gasteiger charge is 2.33. The van der Waals surface area contributed by atoms with Crippen LogP contribution in [0.4, 0.5) is 22.0 Å². The molecule has 3 rings (SSSR count). The van der Waals surface area contributed by atoms with Crippen molar-refractivity contribution < 1.29 is 36.6 Å². The van der Waals surface area contributed by atoms with Crippen LogP contribution >= 0.6 is 0 Å². The number of amides is 1. The molecule has 35 heavy (non-hydrogen) atoms. The number of benzene rings is 2. The predicted molar refractivity (Wildman–Crippen MR) is 117 cm³/mol. The van der Waals surface area contributed by atoms with Gasteiger partial charge in [0.1, 0.15) is 5.69 Å². The third-order valence-electron chi connectivity index (χ3n) is 5.24. The standard InChI is InChI=1S/C25H21F5N2O3/c1-15-11-20(24(26,27)10-9-16-5-7-18(8-6-16)23(34)35)13-21(32-15)22(33)31-14-17-3-2-4-19(12-17)25(28,29)30/h2-8,11-13H,9-10,14H2,1H3,(H,31,33)(H,34,35). The van der Waals surface area contributed by atoms with Crippen molar-refractivity contribution in [2.45, 2.75) is 38.4 Å². The van der Waals surface area contributed by atoms with E-state index < -0.39 is 41.5 Å². The second-order valence-corrected chi connectivity index (χ2v) is 7.97. The van der Waals surface area contributed by atoms with Crippen molar-refractivity contribution in [2.24, 2.45) is 0 Å². The fourth-order valence-electron chi connectivity index (χ4n) is 3.39. The molecular weight excluding hydrogens is 471 g/mol. The lowest BCUT2D eigenvalue weighted by molar-refractivity contribution is -0.137. The molecule has 0 aliphatic rings. The van der Waals surface area contributed by atoms with Crippen LogP contribution in [0.25, 0.3) is 0 Å². The summed E-state index contributed by atoms with van der Waals surface area (Å²) in [5.74, 6) is -5.23. The number of pyridine rings is 1. The fraction of sp³-hybridized carbons (Fsp3) is 0.240. The van der Waals surface area contributed by atoms with E-state index >= 15 is 0 Å². The number of aromatic carboxylic acids is 1. The Morgan fingerprint density at radius 2 is 1.60 bits per heavy atom. The van der Waals surface area contributed by atoms with Crippen molar-refractivity contribution >= 4 is 11.9 Å². The summed E-state index contributed by atoms with van der Waals surface area (Å²) in [5, 5.41) is 11.3. The maximum Gasteiger partial charge on any atom is 0.416 e. The molecule has 0 atom stereocenters. The average Bonchev–Trinajstić information content (AvgIpc) is 2.80. The van der Waals surface area contributed by atoms with Crippen molar-refractivity contribution in [2.75, 3.05) is 0 Å². The maximum atomic E-state index is 14.9. The zero-order valence-corrected chi connectivity index (χ0v) is 18.5. The van der Waals surface area contributed by atoms with Crippen molar-refractivity contribution in [3.63, 3.8) is 0 Å². The normalized spacial score (nSPS) is 11.8. The highest BCUT2D eigenvalue weighted by Crippen LogP contribution is 2.34.